The molecular formula is C19H23N3O2. The molecule has 0 unspecified atom stereocenters. The molecule has 3 rings (SSSR count). The van der Waals surface area contributed by atoms with Gasteiger partial charge in [0.05, 0.1) is 24.9 Å². The number of hydrogen-bond acceptors (Lipinski definition) is 4. The van der Waals surface area contributed by atoms with Crippen LogP contribution in [-0.4, -0.2) is 30.6 Å². The Bertz CT molecular complexity index is 637. The molecule has 1 fully saturated rings. The minimum Gasteiger partial charge on any atom is -0.493 e. The Kier molecular flexibility index (Phi) is 5.66. The van der Waals surface area contributed by atoms with Crippen LogP contribution >= 0.6 is 0 Å². The van der Waals surface area contributed by atoms with E-state index < -0.39 is 0 Å². The first-order valence-electron chi connectivity index (χ1n) is 8.50. The lowest BCUT2D eigenvalue weighted by Gasteiger charge is -2.27. The highest BCUT2D eigenvalue weighted by atomic mass is 16.5. The normalized spacial score (nSPS) is 14.2. The fourth-order valence-corrected chi connectivity index (χ4v) is 2.77. The molecule has 0 radical (unpaired) electrons. The topological polar surface area (TPSA) is 54.5 Å². The second kappa shape index (κ2) is 8.34. The van der Waals surface area contributed by atoms with E-state index in [1.54, 1.807) is 6.20 Å². The lowest BCUT2D eigenvalue weighted by molar-refractivity contribution is -0.116. The Morgan fingerprint density at radius 3 is 2.58 bits per heavy atom. The molecule has 5 heteroatoms. The van der Waals surface area contributed by atoms with Crippen LogP contribution in [0.4, 0.5) is 11.5 Å². The number of nitrogens with zero attached hydrogens (tertiary/aromatic N) is 2. The summed E-state index contributed by atoms with van der Waals surface area (Å²) in [6.07, 6.45) is 5.78. The number of piperidine rings is 1. The first-order chi connectivity index (χ1) is 11.8. The average Bonchev–Trinajstić information content (AvgIpc) is 2.64. The Morgan fingerprint density at radius 1 is 1.08 bits per heavy atom. The van der Waals surface area contributed by atoms with Gasteiger partial charge in [-0.05, 0) is 43.5 Å². The van der Waals surface area contributed by atoms with E-state index in [2.05, 4.69) is 15.2 Å². The van der Waals surface area contributed by atoms with Crippen molar-refractivity contribution >= 4 is 17.4 Å². The first-order valence-corrected chi connectivity index (χ1v) is 8.50. The molecule has 0 spiro atoms. The molecule has 1 aromatic carbocycles. The zero-order chi connectivity index (χ0) is 16.6. The van der Waals surface area contributed by atoms with Crippen molar-refractivity contribution in [2.45, 2.75) is 25.7 Å². The summed E-state index contributed by atoms with van der Waals surface area (Å²) >= 11 is 0. The van der Waals surface area contributed by atoms with E-state index in [1.807, 2.05) is 42.5 Å². The fourth-order valence-electron chi connectivity index (χ4n) is 2.77. The number of aromatic nitrogens is 1. The van der Waals surface area contributed by atoms with Gasteiger partial charge in [0.1, 0.15) is 11.6 Å². The lowest BCUT2D eigenvalue weighted by atomic mass is 10.1. The van der Waals surface area contributed by atoms with E-state index in [0.717, 1.165) is 30.3 Å². The summed E-state index contributed by atoms with van der Waals surface area (Å²) < 4.78 is 5.53. The highest BCUT2D eigenvalue weighted by Crippen LogP contribution is 2.19. The number of hydrogen-bond donors (Lipinski definition) is 1. The van der Waals surface area contributed by atoms with E-state index >= 15 is 0 Å². The number of carbonyl (C=O) groups excluding carboxylic acids is 1. The van der Waals surface area contributed by atoms with E-state index in [1.165, 1.54) is 19.3 Å². The minimum atomic E-state index is -0.0709. The third-order valence-electron chi connectivity index (χ3n) is 4.05. The van der Waals surface area contributed by atoms with Crippen LogP contribution in [0.25, 0.3) is 0 Å². The van der Waals surface area contributed by atoms with E-state index in [-0.39, 0.29) is 5.91 Å². The molecule has 0 saturated carbocycles. The fraction of sp³-hybridized carbons (Fsp3) is 0.368. The van der Waals surface area contributed by atoms with Gasteiger partial charge in [0.25, 0.3) is 0 Å². The van der Waals surface area contributed by atoms with Crippen LogP contribution < -0.4 is 15.0 Å². The zero-order valence-electron chi connectivity index (χ0n) is 13.8. The van der Waals surface area contributed by atoms with E-state index in [0.29, 0.717) is 13.0 Å². The Morgan fingerprint density at radius 2 is 1.88 bits per heavy atom. The van der Waals surface area contributed by atoms with Crippen LogP contribution in [0.15, 0.2) is 48.7 Å². The van der Waals surface area contributed by atoms with Gasteiger partial charge in [-0.25, -0.2) is 4.98 Å². The van der Waals surface area contributed by atoms with Crippen molar-refractivity contribution in [3.63, 3.8) is 0 Å². The van der Waals surface area contributed by atoms with Crippen molar-refractivity contribution in [2.75, 3.05) is 29.9 Å². The molecular weight excluding hydrogens is 302 g/mol. The van der Waals surface area contributed by atoms with E-state index in [9.17, 15) is 4.79 Å². The van der Waals surface area contributed by atoms with Gasteiger partial charge in [-0.3, -0.25) is 4.79 Å². The van der Waals surface area contributed by atoms with Gasteiger partial charge in [-0.2, -0.15) is 0 Å². The smallest absolute Gasteiger partial charge is 0.227 e. The van der Waals surface area contributed by atoms with Crippen molar-refractivity contribution in [3.05, 3.63) is 48.7 Å². The Balaban J connectivity index is 1.44. The number of rotatable bonds is 6. The second-order valence-electron chi connectivity index (χ2n) is 5.91. The number of pyridine rings is 1. The monoisotopic (exact) mass is 325 g/mol. The van der Waals surface area contributed by atoms with Gasteiger partial charge < -0.3 is 15.0 Å². The summed E-state index contributed by atoms with van der Waals surface area (Å²) in [6, 6.07) is 13.4. The van der Waals surface area contributed by atoms with Crippen LogP contribution in [-0.2, 0) is 4.79 Å². The standard InChI is InChI=1S/C19H23N3O2/c23-19(11-14-24-17-7-3-1-4-8-17)21-16-9-10-18(20-15-16)22-12-5-2-6-13-22/h1,3-4,7-10,15H,2,5-6,11-14H2,(H,21,23). The second-order valence-corrected chi connectivity index (χ2v) is 5.91. The molecule has 5 nitrogen and oxygen atoms in total. The van der Waals surface area contributed by atoms with Crippen LogP contribution in [0.5, 0.6) is 5.75 Å². The summed E-state index contributed by atoms with van der Waals surface area (Å²) in [7, 11) is 0. The predicted molar refractivity (Wildman–Crippen MR) is 95.5 cm³/mol. The quantitative estimate of drug-likeness (QED) is 0.883. The summed E-state index contributed by atoms with van der Waals surface area (Å²) in [5, 5.41) is 2.86. The number of para-hydroxylation sites is 1. The molecule has 2 heterocycles. The molecule has 0 atom stereocenters. The van der Waals surface area contributed by atoms with Crippen LogP contribution in [0.3, 0.4) is 0 Å². The molecule has 0 bridgehead atoms. The first kappa shape index (κ1) is 16.3. The van der Waals surface area contributed by atoms with E-state index in [4.69, 9.17) is 4.74 Å². The molecule has 126 valence electrons. The molecule has 0 aliphatic carbocycles. The van der Waals surface area contributed by atoms with Crippen LogP contribution in [0, 0.1) is 0 Å². The van der Waals surface area contributed by atoms with Gasteiger partial charge in [0.2, 0.25) is 5.91 Å². The van der Waals surface area contributed by atoms with Crippen molar-refractivity contribution in [3.8, 4) is 5.75 Å². The summed E-state index contributed by atoms with van der Waals surface area (Å²) in [4.78, 5) is 18.7. The Labute approximate surface area is 142 Å². The number of benzene rings is 1. The largest absolute Gasteiger partial charge is 0.493 e. The number of anilines is 2. The van der Waals surface area contributed by atoms with Crippen molar-refractivity contribution in [2.24, 2.45) is 0 Å². The number of amides is 1. The highest BCUT2D eigenvalue weighted by molar-refractivity contribution is 5.90. The molecule has 1 saturated heterocycles. The van der Waals surface area contributed by atoms with Crippen LogP contribution in [0.1, 0.15) is 25.7 Å². The van der Waals surface area contributed by atoms with Gasteiger partial charge in [-0.1, -0.05) is 18.2 Å². The van der Waals surface area contributed by atoms with Crippen molar-refractivity contribution in [1.29, 1.82) is 0 Å². The highest BCUT2D eigenvalue weighted by Gasteiger charge is 2.12. The van der Waals surface area contributed by atoms with Crippen molar-refractivity contribution < 1.29 is 9.53 Å². The maximum absolute atomic E-state index is 12.0. The minimum absolute atomic E-state index is 0.0709. The third kappa shape index (κ3) is 4.72. The van der Waals surface area contributed by atoms with Gasteiger partial charge >= 0.3 is 0 Å². The molecule has 1 N–H and O–H groups in total. The Hall–Kier alpha value is -2.56. The maximum atomic E-state index is 12.0. The number of carbonyl (C=O) groups is 1. The zero-order valence-corrected chi connectivity index (χ0v) is 13.8. The molecule has 1 aliphatic heterocycles. The third-order valence-corrected chi connectivity index (χ3v) is 4.05. The van der Waals surface area contributed by atoms with Crippen LogP contribution in [0.2, 0.25) is 0 Å². The molecule has 24 heavy (non-hydrogen) atoms. The SMILES string of the molecule is O=C(CCOc1ccccc1)Nc1ccc(N2CCCCC2)nc1. The molecule has 2 aromatic rings. The number of ether oxygens (including phenoxy) is 1. The molecule has 1 aromatic heterocycles. The van der Waals surface area contributed by atoms with Crippen molar-refractivity contribution in [1.82, 2.24) is 4.98 Å². The summed E-state index contributed by atoms with van der Waals surface area (Å²) in [5.74, 6) is 1.69. The summed E-state index contributed by atoms with van der Waals surface area (Å²) in [6.45, 7) is 2.49. The summed E-state index contributed by atoms with van der Waals surface area (Å²) in [5.41, 5.74) is 0.723. The molecule has 1 amide bonds. The molecule has 1 aliphatic rings. The van der Waals surface area contributed by atoms with Gasteiger partial charge in [-0.15, -0.1) is 0 Å². The van der Waals surface area contributed by atoms with Gasteiger partial charge in [0, 0.05) is 13.1 Å². The average molecular weight is 325 g/mol. The lowest BCUT2D eigenvalue weighted by Crippen LogP contribution is -2.30. The van der Waals surface area contributed by atoms with Gasteiger partial charge in [0.15, 0.2) is 0 Å². The maximum Gasteiger partial charge on any atom is 0.227 e. The predicted octanol–water partition coefficient (Wildman–Crippen LogP) is 3.48. The number of nitrogens with one attached hydrogen (secondary N) is 1.